The molecular weight excluding hydrogens is 346 g/mol. The smallest absolute Gasteiger partial charge is 0.260 e. The quantitative estimate of drug-likeness (QED) is 0.796. The highest BCUT2D eigenvalue weighted by atomic mass is 16.5. The van der Waals surface area contributed by atoms with Gasteiger partial charge in [-0.1, -0.05) is 0 Å². The number of likely N-dealkylation sites (tertiary alicyclic amines) is 1. The van der Waals surface area contributed by atoms with E-state index in [4.69, 9.17) is 4.74 Å². The number of carbonyl (C=O) groups excluding carboxylic acids is 2. The Morgan fingerprint density at radius 2 is 1.93 bits per heavy atom. The van der Waals surface area contributed by atoms with E-state index in [-0.39, 0.29) is 24.5 Å². The summed E-state index contributed by atoms with van der Waals surface area (Å²) < 4.78 is 7.23. The average Bonchev–Trinajstić information content (AvgIpc) is 3.20. The molecule has 1 unspecified atom stereocenters. The predicted molar refractivity (Wildman–Crippen MR) is 99.3 cm³/mol. The molecule has 1 N–H and O–H groups in total. The summed E-state index contributed by atoms with van der Waals surface area (Å²) in [6.45, 7) is 4.11. The summed E-state index contributed by atoms with van der Waals surface area (Å²) in [7, 11) is 0. The van der Waals surface area contributed by atoms with Gasteiger partial charge in [0.1, 0.15) is 18.4 Å². The summed E-state index contributed by atoms with van der Waals surface area (Å²) in [5, 5.41) is 6.94. The zero-order valence-electron chi connectivity index (χ0n) is 15.5. The van der Waals surface area contributed by atoms with Crippen LogP contribution in [0.25, 0.3) is 0 Å². The molecule has 144 valence electrons. The lowest BCUT2D eigenvalue weighted by Crippen LogP contribution is -2.38. The molecule has 2 aromatic rings. The molecule has 27 heavy (non-hydrogen) atoms. The fourth-order valence-electron chi connectivity index (χ4n) is 3.04. The molecule has 0 radical (unpaired) electrons. The van der Waals surface area contributed by atoms with E-state index in [2.05, 4.69) is 15.4 Å². The number of rotatable bonds is 7. The van der Waals surface area contributed by atoms with Crippen molar-refractivity contribution in [2.24, 2.45) is 0 Å². The van der Waals surface area contributed by atoms with Gasteiger partial charge in [-0.25, -0.2) is 4.98 Å². The normalized spacial score (nSPS) is 15.2. The van der Waals surface area contributed by atoms with Gasteiger partial charge in [0.2, 0.25) is 0 Å². The van der Waals surface area contributed by atoms with Gasteiger partial charge >= 0.3 is 0 Å². The Bertz CT molecular complexity index is 739. The number of piperidine rings is 1. The van der Waals surface area contributed by atoms with E-state index >= 15 is 0 Å². The van der Waals surface area contributed by atoms with E-state index in [1.807, 2.05) is 11.8 Å². The second-order valence-electron chi connectivity index (χ2n) is 6.75. The van der Waals surface area contributed by atoms with Crippen molar-refractivity contribution in [1.29, 1.82) is 0 Å². The SMILES string of the molecule is CC(Cn1cncn1)NC(=O)c1ccc(OCC(=O)N2CCCCC2)cc1. The summed E-state index contributed by atoms with van der Waals surface area (Å²) >= 11 is 0. The Labute approximate surface area is 158 Å². The van der Waals surface area contributed by atoms with Gasteiger partial charge in [0.15, 0.2) is 6.61 Å². The molecule has 2 amide bonds. The molecule has 8 nitrogen and oxygen atoms in total. The first-order chi connectivity index (χ1) is 13.1. The Morgan fingerprint density at radius 3 is 2.59 bits per heavy atom. The van der Waals surface area contributed by atoms with E-state index in [1.54, 1.807) is 35.3 Å². The maximum Gasteiger partial charge on any atom is 0.260 e. The van der Waals surface area contributed by atoms with Crippen LogP contribution < -0.4 is 10.1 Å². The average molecular weight is 371 g/mol. The van der Waals surface area contributed by atoms with Gasteiger partial charge in [-0.15, -0.1) is 0 Å². The molecule has 1 aliphatic heterocycles. The van der Waals surface area contributed by atoms with Gasteiger partial charge in [0.25, 0.3) is 11.8 Å². The minimum Gasteiger partial charge on any atom is -0.484 e. The highest BCUT2D eigenvalue weighted by Gasteiger charge is 2.17. The van der Waals surface area contributed by atoms with E-state index < -0.39 is 0 Å². The van der Waals surface area contributed by atoms with Crippen molar-refractivity contribution in [1.82, 2.24) is 25.0 Å². The van der Waals surface area contributed by atoms with E-state index in [0.29, 0.717) is 17.9 Å². The van der Waals surface area contributed by atoms with Crippen LogP contribution >= 0.6 is 0 Å². The molecule has 1 atom stereocenters. The van der Waals surface area contributed by atoms with Crippen LogP contribution in [0.3, 0.4) is 0 Å². The van der Waals surface area contributed by atoms with Crippen molar-refractivity contribution in [3.8, 4) is 5.75 Å². The van der Waals surface area contributed by atoms with Gasteiger partial charge in [-0.05, 0) is 50.5 Å². The maximum absolute atomic E-state index is 12.3. The molecule has 0 spiro atoms. The number of nitrogens with zero attached hydrogens (tertiary/aromatic N) is 4. The third-order valence-electron chi connectivity index (χ3n) is 4.49. The molecule has 0 aliphatic carbocycles. The minimum absolute atomic E-state index is 0.0125. The molecule has 1 aromatic heterocycles. The monoisotopic (exact) mass is 371 g/mol. The van der Waals surface area contributed by atoms with Crippen molar-refractivity contribution in [2.45, 2.75) is 38.8 Å². The van der Waals surface area contributed by atoms with Crippen LogP contribution in [0.2, 0.25) is 0 Å². The lowest BCUT2D eigenvalue weighted by Gasteiger charge is -2.26. The predicted octanol–water partition coefficient (Wildman–Crippen LogP) is 1.49. The second-order valence-corrected chi connectivity index (χ2v) is 6.75. The van der Waals surface area contributed by atoms with Crippen LogP contribution in [0.1, 0.15) is 36.5 Å². The van der Waals surface area contributed by atoms with Crippen molar-refractivity contribution in [3.63, 3.8) is 0 Å². The lowest BCUT2D eigenvalue weighted by molar-refractivity contribution is -0.134. The van der Waals surface area contributed by atoms with E-state index in [0.717, 1.165) is 25.9 Å². The minimum atomic E-state index is -0.168. The number of carbonyl (C=O) groups is 2. The van der Waals surface area contributed by atoms with Crippen LogP contribution in [-0.2, 0) is 11.3 Å². The largest absolute Gasteiger partial charge is 0.484 e. The van der Waals surface area contributed by atoms with Gasteiger partial charge in [-0.3, -0.25) is 14.3 Å². The van der Waals surface area contributed by atoms with Crippen LogP contribution in [0, 0.1) is 0 Å². The molecule has 2 heterocycles. The zero-order chi connectivity index (χ0) is 19.1. The summed E-state index contributed by atoms with van der Waals surface area (Å²) in [4.78, 5) is 30.2. The fraction of sp³-hybridized carbons (Fsp3) is 0.474. The summed E-state index contributed by atoms with van der Waals surface area (Å²) in [6.07, 6.45) is 6.38. The first-order valence-electron chi connectivity index (χ1n) is 9.26. The molecule has 1 aliphatic rings. The molecule has 1 saturated heterocycles. The Morgan fingerprint density at radius 1 is 1.19 bits per heavy atom. The fourth-order valence-corrected chi connectivity index (χ4v) is 3.04. The van der Waals surface area contributed by atoms with Gasteiger partial charge in [-0.2, -0.15) is 5.10 Å². The number of hydrogen-bond donors (Lipinski definition) is 1. The molecule has 8 heteroatoms. The molecule has 3 rings (SSSR count). The molecule has 1 aromatic carbocycles. The molecule has 0 bridgehead atoms. The van der Waals surface area contributed by atoms with E-state index in [1.165, 1.54) is 12.7 Å². The standard InChI is InChI=1S/C19H25N5O3/c1-15(11-24-14-20-13-21-24)22-19(26)16-5-7-17(8-6-16)27-12-18(25)23-9-3-2-4-10-23/h5-8,13-15H,2-4,9-12H2,1H3,(H,22,26). The number of nitrogens with one attached hydrogen (secondary N) is 1. The number of aromatic nitrogens is 3. The van der Waals surface area contributed by atoms with Crippen LogP contribution in [-0.4, -0.2) is 57.2 Å². The van der Waals surface area contributed by atoms with Gasteiger partial charge in [0, 0.05) is 24.7 Å². The number of amides is 2. The summed E-state index contributed by atoms with van der Waals surface area (Å²) in [6, 6.07) is 6.72. The number of ether oxygens (including phenoxy) is 1. The Kier molecular flexibility index (Phi) is 6.40. The van der Waals surface area contributed by atoms with Gasteiger partial charge in [0.05, 0.1) is 6.54 Å². The second kappa shape index (κ2) is 9.16. The number of benzene rings is 1. The topological polar surface area (TPSA) is 89.4 Å². The first-order valence-corrected chi connectivity index (χ1v) is 9.26. The molecule has 1 fully saturated rings. The van der Waals surface area contributed by atoms with E-state index in [9.17, 15) is 9.59 Å². The van der Waals surface area contributed by atoms with Crippen LogP contribution in [0.4, 0.5) is 0 Å². The van der Waals surface area contributed by atoms with Gasteiger partial charge < -0.3 is 15.0 Å². The third-order valence-corrected chi connectivity index (χ3v) is 4.49. The highest BCUT2D eigenvalue weighted by molar-refractivity contribution is 5.94. The van der Waals surface area contributed by atoms with Crippen molar-refractivity contribution in [2.75, 3.05) is 19.7 Å². The molecule has 0 saturated carbocycles. The summed E-state index contributed by atoms with van der Waals surface area (Å²) in [5.41, 5.74) is 0.537. The van der Waals surface area contributed by atoms with Crippen molar-refractivity contribution < 1.29 is 14.3 Å². The van der Waals surface area contributed by atoms with Crippen LogP contribution in [0.5, 0.6) is 5.75 Å². The Hall–Kier alpha value is -2.90. The van der Waals surface area contributed by atoms with Crippen molar-refractivity contribution >= 4 is 11.8 Å². The molecular formula is C19H25N5O3. The lowest BCUT2D eigenvalue weighted by atomic mass is 10.1. The third kappa shape index (κ3) is 5.54. The maximum atomic E-state index is 12.3. The highest BCUT2D eigenvalue weighted by Crippen LogP contribution is 2.14. The van der Waals surface area contributed by atoms with Crippen molar-refractivity contribution in [3.05, 3.63) is 42.5 Å². The summed E-state index contributed by atoms with van der Waals surface area (Å²) in [5.74, 6) is 0.421. The number of hydrogen-bond acceptors (Lipinski definition) is 5. The Balaban J connectivity index is 1.46. The first kappa shape index (κ1) is 18.9. The zero-order valence-corrected chi connectivity index (χ0v) is 15.5. The van der Waals surface area contributed by atoms with Crippen LogP contribution in [0.15, 0.2) is 36.9 Å².